The Hall–Kier alpha value is -4.18. The molecule has 7 nitrogen and oxygen atoms in total. The van der Waals surface area contributed by atoms with Crippen LogP contribution in [0.4, 0.5) is 4.39 Å². The Balaban J connectivity index is 1.34. The predicted molar refractivity (Wildman–Crippen MR) is 188 cm³/mol. The summed E-state index contributed by atoms with van der Waals surface area (Å²) in [6.45, 7) is 8.93. The third-order valence-corrected chi connectivity index (χ3v) is 9.89. The molecule has 48 heavy (non-hydrogen) atoms. The first-order chi connectivity index (χ1) is 23.2. The van der Waals surface area contributed by atoms with Crippen molar-refractivity contribution in [3.8, 4) is 0 Å². The van der Waals surface area contributed by atoms with Crippen molar-refractivity contribution in [2.75, 3.05) is 0 Å². The molecule has 1 saturated heterocycles. The van der Waals surface area contributed by atoms with E-state index in [-0.39, 0.29) is 30.2 Å². The summed E-state index contributed by atoms with van der Waals surface area (Å²) < 4.78 is 28.1. The molecule has 1 aliphatic heterocycles. The minimum absolute atomic E-state index is 0.216. The zero-order valence-corrected chi connectivity index (χ0v) is 28.4. The van der Waals surface area contributed by atoms with Gasteiger partial charge in [-0.05, 0) is 91.7 Å². The van der Waals surface area contributed by atoms with E-state index in [1.54, 1.807) is 0 Å². The summed E-state index contributed by atoms with van der Waals surface area (Å²) in [4.78, 5) is 0. The molecule has 0 saturated carbocycles. The van der Waals surface area contributed by atoms with Crippen molar-refractivity contribution in [3.63, 3.8) is 0 Å². The lowest BCUT2D eigenvalue weighted by molar-refractivity contribution is 0.00578. The van der Waals surface area contributed by atoms with E-state index in [2.05, 4.69) is 121 Å². The van der Waals surface area contributed by atoms with Crippen LogP contribution in [0, 0.1) is 5.82 Å². The van der Waals surface area contributed by atoms with Crippen molar-refractivity contribution in [1.82, 2.24) is 25.5 Å². The molecule has 1 N–H and O–H groups in total. The first kappa shape index (κ1) is 33.7. The van der Waals surface area contributed by atoms with Crippen molar-refractivity contribution >= 4 is 7.12 Å². The fourth-order valence-electron chi connectivity index (χ4n) is 6.59. The Bertz CT molecular complexity index is 1620. The van der Waals surface area contributed by atoms with E-state index in [0.29, 0.717) is 13.0 Å². The second-order valence-corrected chi connectivity index (χ2v) is 13.7. The van der Waals surface area contributed by atoms with Crippen LogP contribution >= 0.6 is 0 Å². The fraction of sp³-hybridized carbons (Fsp3) is 0.359. The van der Waals surface area contributed by atoms with Crippen LogP contribution < -0.4 is 5.32 Å². The van der Waals surface area contributed by atoms with Gasteiger partial charge in [0.15, 0.2) is 5.82 Å². The van der Waals surface area contributed by atoms with Gasteiger partial charge in [0, 0.05) is 6.54 Å². The molecule has 2 heterocycles. The van der Waals surface area contributed by atoms with Crippen LogP contribution in [0.5, 0.6) is 0 Å². The largest absolute Gasteiger partial charge is 0.457 e. The molecule has 1 fully saturated rings. The highest BCUT2D eigenvalue weighted by atomic mass is 19.1. The molecule has 1 aliphatic rings. The summed E-state index contributed by atoms with van der Waals surface area (Å²) in [5.74, 6) is 0.519. The normalized spacial score (nSPS) is 16.2. The molecule has 6 rings (SSSR count). The van der Waals surface area contributed by atoms with Crippen molar-refractivity contribution in [2.45, 2.75) is 89.0 Å². The smallest absolute Gasteiger partial charge is 0.403 e. The zero-order chi connectivity index (χ0) is 33.6. The highest BCUT2D eigenvalue weighted by Crippen LogP contribution is 2.41. The van der Waals surface area contributed by atoms with Gasteiger partial charge >= 0.3 is 7.12 Å². The minimum Gasteiger partial charge on any atom is -0.403 e. The van der Waals surface area contributed by atoms with Gasteiger partial charge in [-0.1, -0.05) is 116 Å². The summed E-state index contributed by atoms with van der Waals surface area (Å²) in [5.41, 5.74) is 2.98. The average Bonchev–Trinajstić information content (AvgIpc) is 3.65. The van der Waals surface area contributed by atoms with Gasteiger partial charge in [-0.25, -0.2) is 9.07 Å². The molecular weight excluding hydrogens is 600 g/mol. The molecule has 5 aromatic rings. The van der Waals surface area contributed by atoms with E-state index >= 15 is 0 Å². The number of nitrogens with one attached hydrogen (secondary N) is 1. The number of rotatable bonds is 14. The Morgan fingerprint density at radius 3 is 1.79 bits per heavy atom. The summed E-state index contributed by atoms with van der Waals surface area (Å²) in [6, 6.07) is 38.2. The maximum Gasteiger partial charge on any atom is 0.457 e. The van der Waals surface area contributed by atoms with Crippen LogP contribution in [0.25, 0.3) is 0 Å². The number of hydrogen-bond acceptors (Lipinski definition) is 6. The van der Waals surface area contributed by atoms with Crippen LogP contribution in [0.2, 0.25) is 6.32 Å². The van der Waals surface area contributed by atoms with Crippen molar-refractivity contribution in [3.05, 3.63) is 149 Å². The number of benzene rings is 4. The number of nitrogens with zero attached hydrogens (tertiary/aromatic N) is 4. The van der Waals surface area contributed by atoms with Gasteiger partial charge in [0.2, 0.25) is 0 Å². The third-order valence-electron chi connectivity index (χ3n) is 9.89. The van der Waals surface area contributed by atoms with E-state index in [9.17, 15) is 4.39 Å². The van der Waals surface area contributed by atoms with Gasteiger partial charge in [0.25, 0.3) is 0 Å². The van der Waals surface area contributed by atoms with E-state index in [4.69, 9.17) is 9.31 Å². The quantitative estimate of drug-likeness (QED) is 0.0751. The predicted octanol–water partition coefficient (Wildman–Crippen LogP) is 7.94. The second-order valence-electron chi connectivity index (χ2n) is 13.7. The van der Waals surface area contributed by atoms with Gasteiger partial charge in [0.05, 0.1) is 22.8 Å². The van der Waals surface area contributed by atoms with Crippen LogP contribution in [0.15, 0.2) is 115 Å². The lowest BCUT2D eigenvalue weighted by atomic mass is 9.76. The standard InChI is InChI=1S/C39H45BFN5O2/c1-37(2)38(3,4)48-40(47-37)28-15-14-22-35(36-43-44-45-46(36)29-27-30-23-25-34(41)26-24-30)42-39(31-16-8-5-9-17-31,32-18-10-6-11-19-32)33-20-12-7-13-21-33/h5-13,16-21,23-26,35,42H,14-15,22,27-29H2,1-4H3. The van der Waals surface area contributed by atoms with Gasteiger partial charge in [-0.2, -0.15) is 0 Å². The van der Waals surface area contributed by atoms with E-state index in [1.165, 1.54) is 12.1 Å². The van der Waals surface area contributed by atoms with Crippen LogP contribution in [-0.4, -0.2) is 38.5 Å². The van der Waals surface area contributed by atoms with Crippen LogP contribution in [0.1, 0.15) is 81.1 Å². The highest BCUT2D eigenvalue weighted by Gasteiger charge is 2.50. The summed E-state index contributed by atoms with van der Waals surface area (Å²) >= 11 is 0. The molecule has 1 aromatic heterocycles. The maximum atomic E-state index is 13.6. The Kier molecular flexibility index (Phi) is 10.2. The Morgan fingerprint density at radius 2 is 1.27 bits per heavy atom. The first-order valence-corrected chi connectivity index (χ1v) is 17.0. The third kappa shape index (κ3) is 7.28. The number of tetrazole rings is 1. The summed E-state index contributed by atoms with van der Waals surface area (Å²) in [6.07, 6.45) is 4.08. The Labute approximate surface area is 284 Å². The molecule has 4 aromatic carbocycles. The highest BCUT2D eigenvalue weighted by molar-refractivity contribution is 6.45. The first-order valence-electron chi connectivity index (χ1n) is 17.0. The van der Waals surface area contributed by atoms with E-state index < -0.39 is 5.54 Å². The van der Waals surface area contributed by atoms with Crippen LogP contribution in [-0.2, 0) is 27.8 Å². The zero-order valence-electron chi connectivity index (χ0n) is 28.4. The Morgan fingerprint density at radius 1 is 0.750 bits per heavy atom. The van der Waals surface area contributed by atoms with Gasteiger partial charge in [0.1, 0.15) is 5.82 Å². The molecule has 9 heteroatoms. The lowest BCUT2D eigenvalue weighted by Gasteiger charge is -2.40. The van der Waals surface area contributed by atoms with Crippen molar-refractivity contribution in [1.29, 1.82) is 0 Å². The van der Waals surface area contributed by atoms with Crippen molar-refractivity contribution < 1.29 is 13.7 Å². The van der Waals surface area contributed by atoms with Crippen LogP contribution in [0.3, 0.4) is 0 Å². The molecular formula is C39H45BFN5O2. The number of aromatic nitrogens is 4. The molecule has 1 unspecified atom stereocenters. The second kappa shape index (κ2) is 14.5. The lowest BCUT2D eigenvalue weighted by Crippen LogP contribution is -2.47. The monoisotopic (exact) mass is 645 g/mol. The fourth-order valence-corrected chi connectivity index (χ4v) is 6.59. The maximum absolute atomic E-state index is 13.6. The van der Waals surface area contributed by atoms with Gasteiger partial charge in [-0.15, -0.1) is 5.10 Å². The number of halogens is 1. The topological polar surface area (TPSA) is 74.1 Å². The van der Waals surface area contributed by atoms with Gasteiger partial charge in [-0.3, -0.25) is 5.32 Å². The molecule has 1 atom stereocenters. The number of unbranched alkanes of at least 4 members (excludes halogenated alkanes) is 1. The summed E-state index contributed by atoms with van der Waals surface area (Å²) in [5, 5.41) is 17.4. The summed E-state index contributed by atoms with van der Waals surface area (Å²) in [7, 11) is -0.237. The SMILES string of the molecule is CC1(C)OB(CCCCC(NC(c2ccccc2)(c2ccccc2)c2ccccc2)c2nnnn2CCc2ccc(F)cc2)OC1(C)C. The number of hydrogen-bond donors (Lipinski definition) is 1. The minimum atomic E-state index is -0.700. The van der Waals surface area contributed by atoms with E-state index in [0.717, 1.165) is 53.7 Å². The molecule has 0 amide bonds. The molecule has 0 aliphatic carbocycles. The molecule has 0 bridgehead atoms. The van der Waals surface area contributed by atoms with Crippen molar-refractivity contribution in [2.24, 2.45) is 0 Å². The molecule has 0 spiro atoms. The van der Waals surface area contributed by atoms with E-state index in [1.807, 2.05) is 35.0 Å². The molecule has 248 valence electrons. The number of aryl methyl sites for hydroxylation is 2. The average molecular weight is 646 g/mol. The van der Waals surface area contributed by atoms with Gasteiger partial charge < -0.3 is 9.31 Å². The molecule has 0 radical (unpaired) electrons.